The monoisotopic (exact) mass is 1020 g/mol. The summed E-state index contributed by atoms with van der Waals surface area (Å²) in [6, 6.07) is 24.6. The number of amides is 3. The first kappa shape index (κ1) is 52.9. The van der Waals surface area contributed by atoms with Crippen LogP contribution in [0.25, 0.3) is 0 Å². The topological polar surface area (TPSA) is 252 Å². The molecule has 73 heavy (non-hydrogen) atoms. The fraction of sp³-hybridized carbons (Fsp3) is 0.604. The van der Waals surface area contributed by atoms with E-state index in [1.54, 1.807) is 19.1 Å². The number of likely N-dealkylation sites (N-methyl/N-ethyl adjacent to an activating group) is 1. The van der Waals surface area contributed by atoms with Gasteiger partial charge in [0.05, 0.1) is 37.0 Å². The molecule has 3 amide bonds. The van der Waals surface area contributed by atoms with E-state index < -0.39 is 134 Å². The van der Waals surface area contributed by atoms with E-state index in [4.69, 9.17) is 47.4 Å². The van der Waals surface area contributed by atoms with Crippen molar-refractivity contribution in [2.24, 2.45) is 11.8 Å². The number of rotatable bonds is 14. The fourth-order valence-electron chi connectivity index (χ4n) is 10.9. The Kier molecular flexibility index (Phi) is 17.2. The molecule has 1 spiro atoms. The SMILES string of the molecule is CC1C[C@@H]2OC(O[C@H]3OC(CO)[C@@H](C)[C@H](O)C3O)C(N(C)C(=O)OCc3ccccc3)C(O)C2O[C@@H]1O[C@@H]1C(NC(=O)OCc2ccccc2)C[C@@H](NC(=O)OCc2ccccc2)C2OC3(CCCCC3)O[C@H]21. The van der Waals surface area contributed by atoms with Gasteiger partial charge in [0.2, 0.25) is 0 Å². The van der Waals surface area contributed by atoms with Crippen LogP contribution in [0.15, 0.2) is 91.0 Å². The molecule has 6 N–H and O–H groups in total. The van der Waals surface area contributed by atoms with Crippen LogP contribution < -0.4 is 10.6 Å². The summed E-state index contributed by atoms with van der Waals surface area (Å²) >= 11 is 0. The van der Waals surface area contributed by atoms with E-state index in [0.29, 0.717) is 12.8 Å². The second kappa shape index (κ2) is 23.7. The van der Waals surface area contributed by atoms with Crippen molar-refractivity contribution in [1.82, 2.24) is 15.5 Å². The van der Waals surface area contributed by atoms with Crippen molar-refractivity contribution < 1.29 is 82.2 Å². The molecule has 9 unspecified atom stereocenters. The van der Waals surface area contributed by atoms with Crippen molar-refractivity contribution in [3.8, 4) is 0 Å². The molecule has 398 valence electrons. The van der Waals surface area contributed by atoms with Crippen LogP contribution in [0.5, 0.6) is 0 Å². The molecule has 6 aliphatic rings. The van der Waals surface area contributed by atoms with Crippen LogP contribution >= 0.6 is 0 Å². The Balaban J connectivity index is 0.972. The molecule has 2 saturated carbocycles. The summed E-state index contributed by atoms with van der Waals surface area (Å²) in [7, 11) is 1.40. The number of hydrogen-bond acceptors (Lipinski definition) is 17. The van der Waals surface area contributed by atoms with Crippen molar-refractivity contribution in [3.05, 3.63) is 108 Å². The molecular formula is C53H69N3O17. The maximum absolute atomic E-state index is 13.8. The summed E-state index contributed by atoms with van der Waals surface area (Å²) in [5, 5.41) is 50.6. The largest absolute Gasteiger partial charge is 0.445 e. The Bertz CT molecular complexity index is 2260. The van der Waals surface area contributed by atoms with Crippen molar-refractivity contribution >= 4 is 18.3 Å². The van der Waals surface area contributed by atoms with E-state index in [0.717, 1.165) is 40.9 Å². The maximum Gasteiger partial charge on any atom is 0.410 e. The highest BCUT2D eigenvalue weighted by molar-refractivity contribution is 5.69. The highest BCUT2D eigenvalue weighted by Gasteiger charge is 2.61. The first-order chi connectivity index (χ1) is 35.3. The predicted molar refractivity (Wildman–Crippen MR) is 255 cm³/mol. The van der Waals surface area contributed by atoms with Crippen LogP contribution in [0.3, 0.4) is 0 Å². The lowest BCUT2D eigenvalue weighted by atomic mass is 9.83. The Morgan fingerprint density at radius 2 is 1.19 bits per heavy atom. The third-order valence-corrected chi connectivity index (χ3v) is 15.0. The molecule has 0 bridgehead atoms. The summed E-state index contributed by atoms with van der Waals surface area (Å²) in [4.78, 5) is 42.3. The number of hydrogen-bond donors (Lipinski definition) is 6. The molecule has 17 atom stereocenters. The molecule has 0 radical (unpaired) electrons. The third kappa shape index (κ3) is 12.3. The van der Waals surface area contributed by atoms with E-state index in [-0.39, 0.29) is 32.7 Å². The van der Waals surface area contributed by atoms with Gasteiger partial charge in [-0.25, -0.2) is 14.4 Å². The molecule has 20 heteroatoms. The van der Waals surface area contributed by atoms with Crippen LogP contribution in [0.2, 0.25) is 0 Å². The Labute approximate surface area is 424 Å². The quantitative estimate of drug-likeness (QED) is 0.123. The van der Waals surface area contributed by atoms with Gasteiger partial charge in [0.25, 0.3) is 0 Å². The Hall–Kier alpha value is -4.97. The Morgan fingerprint density at radius 1 is 0.630 bits per heavy atom. The molecule has 2 aliphatic carbocycles. The average molecular weight is 1020 g/mol. The van der Waals surface area contributed by atoms with Gasteiger partial charge in [-0.05, 0) is 42.4 Å². The molecule has 4 saturated heterocycles. The number of fused-ring (bicyclic) bond motifs is 2. The van der Waals surface area contributed by atoms with E-state index in [2.05, 4.69) is 10.6 Å². The zero-order valence-corrected chi connectivity index (χ0v) is 41.3. The normalized spacial score (nSPS) is 35.7. The highest BCUT2D eigenvalue weighted by atomic mass is 16.8. The first-order valence-electron chi connectivity index (χ1n) is 25.5. The molecule has 9 rings (SSSR count). The number of ether oxygens (including phenoxy) is 10. The summed E-state index contributed by atoms with van der Waals surface area (Å²) in [5.41, 5.74) is 2.30. The number of carbonyl (C=O) groups is 3. The molecule has 6 fully saturated rings. The summed E-state index contributed by atoms with van der Waals surface area (Å²) in [6.45, 7) is 2.96. The van der Waals surface area contributed by atoms with Gasteiger partial charge in [0.15, 0.2) is 24.7 Å². The van der Waals surface area contributed by atoms with Crippen molar-refractivity contribution in [1.29, 1.82) is 0 Å². The molecule has 4 heterocycles. The van der Waals surface area contributed by atoms with E-state index >= 15 is 0 Å². The minimum Gasteiger partial charge on any atom is -0.445 e. The first-order valence-corrected chi connectivity index (χ1v) is 25.5. The highest BCUT2D eigenvalue weighted by Crippen LogP contribution is 2.47. The summed E-state index contributed by atoms with van der Waals surface area (Å²) in [6.07, 6.45) is -12.0. The number of nitrogens with one attached hydrogen (secondary N) is 2. The van der Waals surface area contributed by atoms with Gasteiger partial charge in [-0.15, -0.1) is 0 Å². The van der Waals surface area contributed by atoms with Crippen LogP contribution in [-0.4, -0.2) is 155 Å². The number of carbonyl (C=O) groups excluding carboxylic acids is 3. The van der Waals surface area contributed by atoms with Crippen LogP contribution in [0.4, 0.5) is 14.4 Å². The number of nitrogens with zero attached hydrogens (tertiary/aromatic N) is 1. The Morgan fingerprint density at radius 3 is 1.78 bits per heavy atom. The summed E-state index contributed by atoms with van der Waals surface area (Å²) in [5.74, 6) is -2.08. The van der Waals surface area contributed by atoms with Gasteiger partial charge in [0.1, 0.15) is 62.5 Å². The van der Waals surface area contributed by atoms with Crippen LogP contribution in [0, 0.1) is 11.8 Å². The van der Waals surface area contributed by atoms with Crippen molar-refractivity contribution in [3.63, 3.8) is 0 Å². The van der Waals surface area contributed by atoms with Gasteiger partial charge < -0.3 is 83.3 Å². The zero-order chi connectivity index (χ0) is 51.2. The number of benzene rings is 3. The minimum absolute atomic E-state index is 0.00934. The zero-order valence-electron chi connectivity index (χ0n) is 41.3. The molecule has 3 aromatic rings. The van der Waals surface area contributed by atoms with E-state index in [1.165, 1.54) is 7.05 Å². The van der Waals surface area contributed by atoms with Gasteiger partial charge in [-0.3, -0.25) is 0 Å². The number of aliphatic hydroxyl groups excluding tert-OH is 4. The lowest BCUT2D eigenvalue weighted by Crippen LogP contribution is -2.69. The van der Waals surface area contributed by atoms with Gasteiger partial charge in [0, 0.05) is 31.7 Å². The summed E-state index contributed by atoms with van der Waals surface area (Å²) < 4.78 is 63.3. The molecule has 4 aliphatic heterocycles. The molecule has 20 nitrogen and oxygen atoms in total. The van der Waals surface area contributed by atoms with Gasteiger partial charge in [-0.1, -0.05) is 111 Å². The number of aliphatic hydroxyl groups is 4. The van der Waals surface area contributed by atoms with Crippen molar-refractivity contribution in [2.45, 2.75) is 176 Å². The molecule has 0 aromatic heterocycles. The predicted octanol–water partition coefficient (Wildman–Crippen LogP) is 4.38. The third-order valence-electron chi connectivity index (χ3n) is 15.0. The van der Waals surface area contributed by atoms with Crippen LogP contribution in [-0.2, 0) is 67.2 Å². The minimum atomic E-state index is -1.58. The van der Waals surface area contributed by atoms with E-state index in [1.807, 2.05) is 85.8 Å². The van der Waals surface area contributed by atoms with Crippen LogP contribution in [0.1, 0.15) is 75.5 Å². The fourth-order valence-corrected chi connectivity index (χ4v) is 10.9. The second-order valence-corrected chi connectivity index (χ2v) is 20.2. The van der Waals surface area contributed by atoms with Gasteiger partial charge in [-0.2, -0.15) is 0 Å². The molecular weight excluding hydrogens is 951 g/mol. The second-order valence-electron chi connectivity index (χ2n) is 20.2. The smallest absolute Gasteiger partial charge is 0.410 e. The number of alkyl carbamates (subject to hydrolysis) is 2. The molecule has 3 aromatic carbocycles. The maximum atomic E-state index is 13.8. The van der Waals surface area contributed by atoms with Crippen molar-refractivity contribution in [2.75, 3.05) is 13.7 Å². The lowest BCUT2D eigenvalue weighted by Gasteiger charge is -2.53. The van der Waals surface area contributed by atoms with E-state index in [9.17, 15) is 34.8 Å². The van der Waals surface area contributed by atoms with Gasteiger partial charge >= 0.3 is 18.3 Å². The lowest BCUT2D eigenvalue weighted by molar-refractivity contribution is -0.384. The standard InChI is InChI=1S/C53H69N3O17/c1-30-24-37-45(41(59)39(56(3)52(63)66-29-34-20-12-6-13-21-34)48(67-37)71-49-42(60)40(58)31(2)38(26-57)68-49)70-47(30)69-43-35(54-50(61)64-27-32-16-8-4-9-17-32)25-36(55-51(62)65-28-33-18-10-5-11-19-33)44-46(43)73-53(72-44)22-14-7-15-23-53/h4-6,8-13,16-21,30-31,35-49,57-60H,7,14-15,22-29H2,1-3H3,(H,54,61)(H,55,62)/t30?,31-,35?,36-,37+,38?,39?,40+,41?,42?,43-,44?,45?,46+,47+,48?,49-/m1/s1. The average Bonchev–Trinajstić information content (AvgIpc) is 3.77.